The van der Waals surface area contributed by atoms with Crippen molar-refractivity contribution in [2.75, 3.05) is 51.9 Å². The Morgan fingerprint density at radius 1 is 0.729 bits per heavy atom. The molecule has 0 aliphatic carbocycles. The second kappa shape index (κ2) is 34.2. The van der Waals surface area contributed by atoms with Crippen LogP contribution in [0.15, 0.2) is 18.7 Å². The van der Waals surface area contributed by atoms with Crippen LogP contribution in [0.25, 0.3) is 0 Å². The number of primary amides is 1. The molecule has 7 amide bonds. The first kappa shape index (κ1) is 67.9. The zero-order chi connectivity index (χ0) is 61.6. The van der Waals surface area contributed by atoms with Gasteiger partial charge in [0.1, 0.15) is 30.5 Å². The molecule has 11 N–H and O–H groups in total. The normalized spacial score (nSPS) is 27.1. The van der Waals surface area contributed by atoms with Crippen LogP contribution < -0.4 is 32.3 Å². The number of carbonyl (C=O) groups is 10. The van der Waals surface area contributed by atoms with Crippen molar-refractivity contribution in [3.63, 3.8) is 0 Å². The summed E-state index contributed by atoms with van der Waals surface area (Å²) in [5, 5.41) is 54.7. The molecule has 3 unspecified atom stereocenters. The van der Waals surface area contributed by atoms with Crippen LogP contribution in [0, 0.1) is 17.8 Å². The number of carbonyl (C=O) groups excluding carboxylic acids is 10. The number of ether oxygens (including phenoxy) is 3. The number of aromatic amines is 1. The number of rotatable bonds is 25. The van der Waals surface area contributed by atoms with Crippen LogP contribution in [0.2, 0.25) is 0 Å². The van der Waals surface area contributed by atoms with Gasteiger partial charge in [0.25, 0.3) is 0 Å². The fourth-order valence-electron chi connectivity index (χ4n) is 11.1. The predicted octanol–water partition coefficient (Wildman–Crippen LogP) is -1.11. The van der Waals surface area contributed by atoms with Crippen molar-refractivity contribution >= 4 is 70.5 Å². The zero-order valence-corrected chi connectivity index (χ0v) is 49.6. The van der Waals surface area contributed by atoms with Crippen LogP contribution >= 0.6 is 11.8 Å². The molecule has 29 heteroatoms. The summed E-state index contributed by atoms with van der Waals surface area (Å²) in [6.45, 7) is 4.85. The molecular formula is C56H86N12O16S. The number of fused-ring (bicyclic) bond motifs is 4. The van der Waals surface area contributed by atoms with Crippen LogP contribution in [0.1, 0.15) is 122 Å². The first-order valence-corrected chi connectivity index (χ1v) is 30.7. The van der Waals surface area contributed by atoms with E-state index in [2.05, 4.69) is 46.9 Å². The average molecular weight is 1220 g/mol. The molecule has 0 spiro atoms. The number of aliphatic hydroxyl groups is 3. The molecule has 3 saturated heterocycles. The highest BCUT2D eigenvalue weighted by Gasteiger charge is 2.44. The quantitative estimate of drug-likeness (QED) is 0.0416. The zero-order valence-electron chi connectivity index (χ0n) is 48.8. The van der Waals surface area contributed by atoms with Crippen LogP contribution in [-0.4, -0.2) is 216 Å². The molecule has 2 aromatic heterocycles. The number of hydrogen-bond acceptors (Lipinski definition) is 20. The summed E-state index contributed by atoms with van der Waals surface area (Å²) in [6.07, 6.45) is 3.78. The average Bonchev–Trinajstić information content (AvgIpc) is 3.59. The van der Waals surface area contributed by atoms with E-state index in [1.54, 1.807) is 6.20 Å². The number of aryl methyl sites for hydroxylation is 1. The monoisotopic (exact) mass is 1210 g/mol. The van der Waals surface area contributed by atoms with Crippen LogP contribution in [-0.2, 0) is 76.7 Å². The molecule has 85 heavy (non-hydrogen) atoms. The molecular weight excluding hydrogens is 1130 g/mol. The Hall–Kier alpha value is -6.24. The number of hydrogen-bond donors (Lipinski definition) is 10. The van der Waals surface area contributed by atoms with E-state index in [4.69, 9.17) is 19.9 Å². The molecule has 3 fully saturated rings. The van der Waals surface area contributed by atoms with Gasteiger partial charge >= 0.3 is 6.03 Å². The maximum atomic E-state index is 14.6. The Labute approximate surface area is 498 Å². The fraction of sp³-hybridized carbons (Fsp3) is 0.732. The lowest BCUT2D eigenvalue weighted by atomic mass is 9.89. The van der Waals surface area contributed by atoms with E-state index in [0.29, 0.717) is 61.8 Å². The second-order valence-electron chi connectivity index (χ2n) is 22.7. The molecule has 2 bridgehead atoms. The molecule has 0 saturated carbocycles. The van der Waals surface area contributed by atoms with Crippen LogP contribution in [0.3, 0.4) is 0 Å². The van der Waals surface area contributed by atoms with Gasteiger partial charge in [-0.1, -0.05) is 11.6 Å². The Kier molecular flexibility index (Phi) is 27.3. The molecule has 6 rings (SSSR count). The number of ketones is 4. The topological polar surface area (TPSA) is 408 Å². The highest BCUT2D eigenvalue weighted by molar-refractivity contribution is 8.00. The number of nitrogens with zero attached hydrogens (tertiary/aromatic N) is 5. The van der Waals surface area contributed by atoms with Crippen LogP contribution in [0.5, 0.6) is 0 Å². The second-order valence-corrected chi connectivity index (χ2v) is 23.9. The van der Waals surface area contributed by atoms with E-state index in [-0.39, 0.29) is 95.5 Å². The van der Waals surface area contributed by atoms with E-state index in [1.165, 1.54) is 42.9 Å². The molecule has 4 aliphatic rings. The summed E-state index contributed by atoms with van der Waals surface area (Å²) in [5.41, 5.74) is 6.42. The van der Waals surface area contributed by atoms with Crippen molar-refractivity contribution in [2.24, 2.45) is 23.5 Å². The minimum Gasteiger partial charge on any atom is -0.393 e. The van der Waals surface area contributed by atoms with Crippen molar-refractivity contribution in [1.29, 1.82) is 0 Å². The minimum absolute atomic E-state index is 0.0369. The third-order valence-electron chi connectivity index (χ3n) is 15.8. The standard InChI is InChI=1S/C56H86N12O16S/c1-32(69)41-26-45(74)44-13-8-16-68(44)55(80)36(23-37-27-58-31-59-37)25-46(75)48(33(2)70)62-52(77)35(22-38-28-67(66-65-38)15-7-6-12-42(51(57)76)60-54(79)49(34(3)71)63-53(41)78)24-40(73)29-84-21-20-83-19-18-82-17-9-11-39(72)10-4-5-14-47-50-43(30-85-47)61-56(81)64-50/h27-28,31-36,41-44,47-50,69-71H,4-26,29-30H2,1-3H3,(H2,57,76)(H,58,59)(H,60,79)(H,62,77)(H,63,78)(H2,61,64,81)/t32?,33?,34?,35-,36-,41+,42+,43-,44+,47-,48+,49+,50-/m1/s1. The summed E-state index contributed by atoms with van der Waals surface area (Å²) in [6, 6.07) is -5.28. The number of H-pyrrole nitrogens is 1. The SMILES string of the molecule is CC(O)[C@@H]1CC(=O)[C@@H]2CCCN2C(=O)[C@H](Cc2cnc[nH]2)CC(=O)[C@H](C(C)O)NC(=O)[C@@H](CC(=O)COCCOCCOCCCC(=O)CCCC[C@H]2SC[C@H]3NC(=O)N[C@H]32)Cc2cn(nn2)CCCC[C@@H](C(N)=O)NC(=O)[C@H](C(C)O)NC1=O. The number of thioether (sulfide) groups is 1. The van der Waals surface area contributed by atoms with E-state index >= 15 is 0 Å². The molecule has 472 valence electrons. The summed E-state index contributed by atoms with van der Waals surface area (Å²) in [4.78, 5) is 143. The highest BCUT2D eigenvalue weighted by Crippen LogP contribution is 2.33. The lowest BCUT2D eigenvalue weighted by Crippen LogP contribution is -2.58. The summed E-state index contributed by atoms with van der Waals surface area (Å²) in [5.74, 6) is -8.65. The fourth-order valence-corrected chi connectivity index (χ4v) is 12.7. The van der Waals surface area contributed by atoms with E-state index in [1.807, 2.05) is 11.8 Å². The van der Waals surface area contributed by atoms with Gasteiger partial charge in [-0.05, 0) is 72.1 Å². The lowest BCUT2D eigenvalue weighted by Gasteiger charge is -2.31. The van der Waals surface area contributed by atoms with Gasteiger partial charge in [-0.2, -0.15) is 11.8 Å². The largest absolute Gasteiger partial charge is 0.393 e. The Morgan fingerprint density at radius 3 is 2.15 bits per heavy atom. The van der Waals surface area contributed by atoms with E-state index < -0.39 is 127 Å². The van der Waals surface area contributed by atoms with Gasteiger partial charge in [0.15, 0.2) is 17.3 Å². The molecule has 0 aromatic carbocycles. The number of nitrogens with one attached hydrogen (secondary N) is 6. The molecule has 0 radical (unpaired) electrons. The lowest BCUT2D eigenvalue weighted by molar-refractivity contribution is -0.144. The van der Waals surface area contributed by atoms with Gasteiger partial charge in [-0.25, -0.2) is 9.78 Å². The van der Waals surface area contributed by atoms with Gasteiger partial charge in [0.2, 0.25) is 29.5 Å². The number of amides is 7. The molecule has 6 heterocycles. The van der Waals surface area contributed by atoms with Gasteiger partial charge in [0.05, 0.1) is 92.6 Å². The van der Waals surface area contributed by atoms with Crippen molar-refractivity contribution < 1.29 is 77.5 Å². The Bertz CT molecular complexity index is 2570. The van der Waals surface area contributed by atoms with E-state index in [9.17, 15) is 63.3 Å². The van der Waals surface area contributed by atoms with Crippen molar-refractivity contribution in [3.8, 4) is 0 Å². The highest BCUT2D eigenvalue weighted by atomic mass is 32.2. The number of imidazole rings is 1. The number of nitrogens with two attached hydrogens (primary N) is 1. The third-order valence-corrected chi connectivity index (χ3v) is 17.3. The maximum absolute atomic E-state index is 14.6. The van der Waals surface area contributed by atoms with Gasteiger partial charge < -0.3 is 71.7 Å². The Morgan fingerprint density at radius 2 is 1.45 bits per heavy atom. The van der Waals surface area contributed by atoms with Crippen LogP contribution in [0.4, 0.5) is 4.79 Å². The number of urea groups is 1. The number of unbranched alkanes of at least 4 members (excludes halogenated alkanes) is 1. The van der Waals surface area contributed by atoms with Crippen molar-refractivity contribution in [3.05, 3.63) is 30.1 Å². The van der Waals surface area contributed by atoms with Crippen molar-refractivity contribution in [1.82, 2.24) is 56.4 Å². The maximum Gasteiger partial charge on any atom is 0.315 e. The summed E-state index contributed by atoms with van der Waals surface area (Å²) in [7, 11) is 0. The van der Waals surface area contributed by atoms with Gasteiger partial charge in [0, 0.05) is 93.7 Å². The van der Waals surface area contributed by atoms with Gasteiger partial charge in [-0.3, -0.25) is 47.8 Å². The molecule has 2 aromatic rings. The first-order valence-electron chi connectivity index (χ1n) is 29.6. The summed E-state index contributed by atoms with van der Waals surface area (Å²) < 4.78 is 18.3. The molecule has 28 nitrogen and oxygen atoms in total. The van der Waals surface area contributed by atoms with Crippen molar-refractivity contribution in [2.45, 2.75) is 190 Å². The number of Topliss-reactive ketones (excluding diaryl/α,β-unsaturated/α-hetero) is 4. The minimum atomic E-state index is -1.63. The summed E-state index contributed by atoms with van der Waals surface area (Å²) >= 11 is 1.86. The third kappa shape index (κ3) is 21.3. The Balaban J connectivity index is 1.06. The van der Waals surface area contributed by atoms with Gasteiger partial charge in [-0.15, -0.1) is 5.10 Å². The number of aromatic nitrogens is 5. The van der Waals surface area contributed by atoms with E-state index in [0.717, 1.165) is 25.0 Å². The number of aliphatic hydroxyl groups excluding tert-OH is 3. The molecule has 13 atom stereocenters. The molecule has 4 aliphatic heterocycles. The predicted molar refractivity (Wildman–Crippen MR) is 305 cm³/mol. The smallest absolute Gasteiger partial charge is 0.315 e. The first-order chi connectivity index (χ1) is 40.7.